The summed E-state index contributed by atoms with van der Waals surface area (Å²) in [5.41, 5.74) is 0. The Bertz CT molecular complexity index is 269. The topological polar surface area (TPSA) is 71.4 Å². The van der Waals surface area contributed by atoms with E-state index in [0.29, 0.717) is 6.42 Å². The molecular weight excluding hydrogens is 204 g/mol. The first-order valence-electron chi connectivity index (χ1n) is 4.91. The van der Waals surface area contributed by atoms with Gasteiger partial charge in [0.15, 0.2) is 0 Å². The van der Waals surface area contributed by atoms with Gasteiger partial charge in [0, 0.05) is 5.92 Å². The fourth-order valence-electron chi connectivity index (χ4n) is 1.25. The highest BCUT2D eigenvalue weighted by atomic mass is 32.2. The van der Waals surface area contributed by atoms with Gasteiger partial charge in [0.2, 0.25) is 0 Å². The third-order valence-corrected chi connectivity index (χ3v) is 3.06. The van der Waals surface area contributed by atoms with E-state index in [1.165, 1.54) is 6.92 Å². The second-order valence-electron chi connectivity index (χ2n) is 3.54. The second kappa shape index (κ2) is 6.14. The van der Waals surface area contributed by atoms with Gasteiger partial charge in [-0.3, -0.25) is 9.35 Å². The van der Waals surface area contributed by atoms with Crippen molar-refractivity contribution in [2.75, 3.05) is 0 Å². The molecule has 0 heterocycles. The van der Waals surface area contributed by atoms with Crippen LogP contribution in [0.15, 0.2) is 0 Å². The van der Waals surface area contributed by atoms with Gasteiger partial charge in [-0.05, 0) is 6.42 Å². The molecule has 84 valence electrons. The highest BCUT2D eigenvalue weighted by Gasteiger charge is 2.24. The highest BCUT2D eigenvalue weighted by molar-refractivity contribution is 8.01. The number of carbonyl (C=O) groups excluding carboxylic acids is 1. The van der Waals surface area contributed by atoms with Gasteiger partial charge in [0.1, 0.15) is 0 Å². The van der Waals surface area contributed by atoms with Crippen LogP contribution in [0.1, 0.15) is 46.0 Å². The van der Waals surface area contributed by atoms with Crippen LogP contribution in [0.25, 0.3) is 0 Å². The van der Waals surface area contributed by atoms with Crippen molar-refractivity contribution in [3.05, 3.63) is 0 Å². The van der Waals surface area contributed by atoms with E-state index in [2.05, 4.69) is 6.92 Å². The molecule has 0 bridgehead atoms. The van der Waals surface area contributed by atoms with Crippen molar-refractivity contribution in [2.45, 2.75) is 46.0 Å². The minimum atomic E-state index is -4.48. The lowest BCUT2D eigenvalue weighted by Crippen LogP contribution is -2.21. The first-order valence-corrected chi connectivity index (χ1v) is 6.35. The molecule has 0 radical (unpaired) electrons. The number of unbranched alkanes of at least 4 members (excludes halogenated alkanes) is 3. The summed E-state index contributed by atoms with van der Waals surface area (Å²) in [6, 6.07) is 0. The monoisotopic (exact) mass is 222 g/mol. The van der Waals surface area contributed by atoms with Crippen LogP contribution in [-0.4, -0.2) is 18.1 Å². The third-order valence-electron chi connectivity index (χ3n) is 2.15. The van der Waals surface area contributed by atoms with Gasteiger partial charge >= 0.3 is 10.1 Å². The Morgan fingerprint density at radius 3 is 2.29 bits per heavy atom. The van der Waals surface area contributed by atoms with Gasteiger partial charge in [-0.1, -0.05) is 39.5 Å². The van der Waals surface area contributed by atoms with E-state index in [9.17, 15) is 13.2 Å². The van der Waals surface area contributed by atoms with Gasteiger partial charge in [-0.15, -0.1) is 0 Å². The number of carbonyl (C=O) groups is 1. The minimum Gasteiger partial charge on any atom is -0.280 e. The number of rotatable bonds is 6. The largest absolute Gasteiger partial charge is 0.328 e. The molecule has 4 nitrogen and oxygen atoms in total. The normalized spacial score (nSPS) is 13.9. The summed E-state index contributed by atoms with van der Waals surface area (Å²) >= 11 is 0. The Kier molecular flexibility index (Phi) is 5.95. The maximum atomic E-state index is 11.0. The van der Waals surface area contributed by atoms with E-state index in [-0.39, 0.29) is 0 Å². The zero-order valence-corrected chi connectivity index (χ0v) is 9.51. The molecular formula is C9H18O4S. The van der Waals surface area contributed by atoms with E-state index in [0.717, 1.165) is 25.7 Å². The summed E-state index contributed by atoms with van der Waals surface area (Å²) in [5.74, 6) is -0.596. The van der Waals surface area contributed by atoms with Crippen LogP contribution in [0.2, 0.25) is 0 Å². The van der Waals surface area contributed by atoms with Crippen molar-refractivity contribution in [3.63, 3.8) is 0 Å². The van der Waals surface area contributed by atoms with E-state index in [4.69, 9.17) is 4.55 Å². The van der Waals surface area contributed by atoms with Crippen molar-refractivity contribution in [1.82, 2.24) is 0 Å². The van der Waals surface area contributed by atoms with Crippen molar-refractivity contribution in [2.24, 2.45) is 5.92 Å². The zero-order valence-electron chi connectivity index (χ0n) is 8.69. The summed E-state index contributed by atoms with van der Waals surface area (Å²) in [6.07, 6.45) is 4.54. The maximum Gasteiger partial charge on any atom is 0.328 e. The lowest BCUT2D eigenvalue weighted by Gasteiger charge is -2.06. The standard InChI is InChI=1S/C9H18O4S/c1-3-4-5-6-7-8(2)9(10)14(11,12)13/h8H,3-7H2,1-2H3,(H,11,12,13). The molecule has 0 aliphatic rings. The molecule has 0 saturated heterocycles. The van der Waals surface area contributed by atoms with E-state index >= 15 is 0 Å². The number of hydrogen-bond acceptors (Lipinski definition) is 3. The summed E-state index contributed by atoms with van der Waals surface area (Å²) in [4.78, 5) is 11.0. The average Bonchev–Trinajstić information content (AvgIpc) is 2.09. The van der Waals surface area contributed by atoms with Crippen LogP contribution < -0.4 is 0 Å². The van der Waals surface area contributed by atoms with Crippen molar-refractivity contribution < 1.29 is 17.8 Å². The molecule has 0 aliphatic carbocycles. The molecule has 0 spiro atoms. The molecule has 0 amide bonds. The Labute approximate surface area is 85.4 Å². The first kappa shape index (κ1) is 13.6. The van der Waals surface area contributed by atoms with Gasteiger partial charge in [-0.2, -0.15) is 8.42 Å². The van der Waals surface area contributed by atoms with E-state index in [1.807, 2.05) is 0 Å². The smallest absolute Gasteiger partial charge is 0.280 e. The predicted molar refractivity (Wildman–Crippen MR) is 54.5 cm³/mol. The average molecular weight is 222 g/mol. The lowest BCUT2D eigenvalue weighted by atomic mass is 10.0. The van der Waals surface area contributed by atoms with Gasteiger partial charge < -0.3 is 0 Å². The summed E-state index contributed by atoms with van der Waals surface area (Å²) in [7, 11) is -4.48. The van der Waals surface area contributed by atoms with Crippen LogP contribution in [0.5, 0.6) is 0 Å². The summed E-state index contributed by atoms with van der Waals surface area (Å²) in [6.45, 7) is 3.61. The Morgan fingerprint density at radius 1 is 1.29 bits per heavy atom. The third kappa shape index (κ3) is 5.34. The number of hydrogen-bond donors (Lipinski definition) is 1. The van der Waals surface area contributed by atoms with Crippen molar-refractivity contribution in [1.29, 1.82) is 0 Å². The zero-order chi connectivity index (χ0) is 11.2. The van der Waals surface area contributed by atoms with Gasteiger partial charge in [-0.25, -0.2) is 0 Å². The molecule has 0 fully saturated rings. The van der Waals surface area contributed by atoms with Crippen LogP contribution in [0.4, 0.5) is 0 Å². The fourth-order valence-corrected chi connectivity index (χ4v) is 1.88. The fraction of sp³-hybridized carbons (Fsp3) is 0.889. The molecule has 14 heavy (non-hydrogen) atoms. The van der Waals surface area contributed by atoms with E-state index in [1.54, 1.807) is 0 Å². The van der Waals surface area contributed by atoms with Crippen LogP contribution in [0, 0.1) is 5.92 Å². The minimum absolute atomic E-state index is 0.526. The quantitative estimate of drug-likeness (QED) is 0.551. The molecule has 0 aromatic carbocycles. The molecule has 1 atom stereocenters. The Hall–Kier alpha value is -0.420. The molecule has 0 aromatic rings. The molecule has 0 rings (SSSR count). The van der Waals surface area contributed by atoms with Gasteiger partial charge in [0.05, 0.1) is 0 Å². The molecule has 1 unspecified atom stereocenters. The van der Waals surface area contributed by atoms with Crippen molar-refractivity contribution in [3.8, 4) is 0 Å². The highest BCUT2D eigenvalue weighted by Crippen LogP contribution is 2.13. The molecule has 5 heteroatoms. The summed E-state index contributed by atoms with van der Waals surface area (Å²) < 4.78 is 29.4. The first-order chi connectivity index (χ1) is 6.39. The predicted octanol–water partition coefficient (Wildman–Crippen LogP) is 2.01. The maximum absolute atomic E-state index is 11.0. The van der Waals surface area contributed by atoms with Gasteiger partial charge in [0.25, 0.3) is 5.12 Å². The Balaban J connectivity index is 3.86. The van der Waals surface area contributed by atoms with E-state index < -0.39 is 21.2 Å². The molecule has 1 N–H and O–H groups in total. The molecule has 0 aromatic heterocycles. The summed E-state index contributed by atoms with van der Waals surface area (Å²) in [5, 5.41) is -1.06. The second-order valence-corrected chi connectivity index (χ2v) is 4.90. The van der Waals surface area contributed by atoms with Crippen LogP contribution in [0.3, 0.4) is 0 Å². The Morgan fingerprint density at radius 2 is 1.86 bits per heavy atom. The lowest BCUT2D eigenvalue weighted by molar-refractivity contribution is -0.115. The van der Waals surface area contributed by atoms with Crippen LogP contribution in [-0.2, 0) is 14.9 Å². The van der Waals surface area contributed by atoms with Crippen molar-refractivity contribution >= 4 is 15.2 Å². The SMILES string of the molecule is CCCCCCC(C)C(=O)S(=O)(=O)O. The molecule has 0 aliphatic heterocycles. The van der Waals surface area contributed by atoms with Crippen LogP contribution >= 0.6 is 0 Å². The molecule has 0 saturated carbocycles.